The molecule has 0 aliphatic carbocycles. The molecule has 0 aliphatic rings. The molecule has 0 atom stereocenters. The maximum atomic E-state index is 11.4. The summed E-state index contributed by atoms with van der Waals surface area (Å²) in [6.45, 7) is 0. The standard InChI is InChI=1S/C9H6N4O2/c14-8-6-5-13-7(1-2-11-9(13)15)12(6)4-3-10-8/h1-5H,(H,10,14). The van der Waals surface area contributed by atoms with Crippen molar-refractivity contribution < 1.29 is 0 Å². The Bertz CT molecular complexity index is 700. The van der Waals surface area contributed by atoms with Crippen molar-refractivity contribution in [3.63, 3.8) is 0 Å². The lowest BCUT2D eigenvalue weighted by atomic mass is 10.5. The van der Waals surface area contributed by atoms with Crippen molar-refractivity contribution in [1.82, 2.24) is 18.8 Å². The second kappa shape index (κ2) is 2.57. The molecule has 0 aliphatic heterocycles. The normalized spacial score (nSPS) is 11.2. The third kappa shape index (κ3) is 0.954. The van der Waals surface area contributed by atoms with Crippen molar-refractivity contribution in [2.75, 3.05) is 0 Å². The minimum Gasteiger partial charge on any atom is -0.326 e. The van der Waals surface area contributed by atoms with Gasteiger partial charge in [-0.2, -0.15) is 0 Å². The van der Waals surface area contributed by atoms with E-state index < -0.39 is 5.69 Å². The van der Waals surface area contributed by atoms with Crippen LogP contribution in [-0.4, -0.2) is 18.8 Å². The van der Waals surface area contributed by atoms with Gasteiger partial charge in [0, 0.05) is 24.8 Å². The Hall–Kier alpha value is -2.37. The monoisotopic (exact) mass is 202 g/mol. The van der Waals surface area contributed by atoms with Crippen LogP contribution in [0, 0.1) is 0 Å². The summed E-state index contributed by atoms with van der Waals surface area (Å²) in [6, 6.07) is 1.67. The Labute approximate surface area is 82.4 Å². The zero-order chi connectivity index (χ0) is 10.4. The van der Waals surface area contributed by atoms with Crippen LogP contribution < -0.4 is 11.2 Å². The first-order chi connectivity index (χ1) is 7.27. The molecule has 0 bridgehead atoms. The van der Waals surface area contributed by atoms with Gasteiger partial charge in [-0.15, -0.1) is 0 Å². The number of hydrogen-bond donors (Lipinski definition) is 1. The van der Waals surface area contributed by atoms with Gasteiger partial charge < -0.3 is 4.98 Å². The van der Waals surface area contributed by atoms with Gasteiger partial charge >= 0.3 is 5.69 Å². The number of fused-ring (bicyclic) bond motifs is 3. The number of aromatic amines is 1. The topological polar surface area (TPSA) is 71.6 Å². The summed E-state index contributed by atoms with van der Waals surface area (Å²) in [7, 11) is 0. The Balaban J connectivity index is 2.76. The zero-order valence-corrected chi connectivity index (χ0v) is 7.54. The Morgan fingerprint density at radius 3 is 3.00 bits per heavy atom. The first kappa shape index (κ1) is 7.98. The highest BCUT2D eigenvalue weighted by molar-refractivity contribution is 5.55. The Morgan fingerprint density at radius 2 is 2.13 bits per heavy atom. The number of H-pyrrole nitrogens is 1. The van der Waals surface area contributed by atoms with E-state index in [0.717, 1.165) is 0 Å². The zero-order valence-electron chi connectivity index (χ0n) is 7.54. The lowest BCUT2D eigenvalue weighted by Crippen LogP contribution is -2.13. The van der Waals surface area contributed by atoms with Crippen molar-refractivity contribution in [1.29, 1.82) is 0 Å². The quantitative estimate of drug-likeness (QED) is 0.541. The van der Waals surface area contributed by atoms with Gasteiger partial charge in [-0.05, 0) is 6.07 Å². The number of imidazole rings is 1. The van der Waals surface area contributed by atoms with Crippen LogP contribution >= 0.6 is 0 Å². The van der Waals surface area contributed by atoms with E-state index >= 15 is 0 Å². The van der Waals surface area contributed by atoms with Crippen LogP contribution in [0.2, 0.25) is 0 Å². The molecule has 0 spiro atoms. The van der Waals surface area contributed by atoms with E-state index in [0.29, 0.717) is 11.2 Å². The van der Waals surface area contributed by atoms with Gasteiger partial charge in [-0.3, -0.25) is 13.6 Å². The van der Waals surface area contributed by atoms with Gasteiger partial charge in [0.2, 0.25) is 0 Å². The molecule has 74 valence electrons. The van der Waals surface area contributed by atoms with Gasteiger partial charge in [0.15, 0.2) is 0 Å². The average Bonchev–Trinajstić information content (AvgIpc) is 2.60. The molecule has 0 saturated heterocycles. The smallest absolute Gasteiger partial charge is 0.326 e. The summed E-state index contributed by atoms with van der Waals surface area (Å²) in [5.41, 5.74) is 0.412. The van der Waals surface area contributed by atoms with Gasteiger partial charge in [0.25, 0.3) is 5.56 Å². The number of nitrogens with one attached hydrogen (secondary N) is 1. The maximum Gasteiger partial charge on any atom is 0.353 e. The molecule has 0 saturated carbocycles. The minimum absolute atomic E-state index is 0.236. The minimum atomic E-state index is -0.393. The second-order valence-electron chi connectivity index (χ2n) is 3.13. The summed E-state index contributed by atoms with van der Waals surface area (Å²) in [4.78, 5) is 29.0. The molecule has 3 heterocycles. The van der Waals surface area contributed by atoms with E-state index in [1.807, 2.05) is 0 Å². The van der Waals surface area contributed by atoms with E-state index in [9.17, 15) is 9.59 Å². The largest absolute Gasteiger partial charge is 0.353 e. The summed E-state index contributed by atoms with van der Waals surface area (Å²) in [5, 5.41) is 0. The molecule has 0 unspecified atom stereocenters. The predicted octanol–water partition coefficient (Wildman–Crippen LogP) is -0.365. The van der Waals surface area contributed by atoms with Crippen molar-refractivity contribution in [2.24, 2.45) is 0 Å². The molecule has 6 heteroatoms. The molecular formula is C9H6N4O2. The number of nitrogens with zero attached hydrogens (tertiary/aromatic N) is 3. The summed E-state index contributed by atoms with van der Waals surface area (Å²) >= 11 is 0. The lowest BCUT2D eigenvalue weighted by molar-refractivity contribution is 0.993. The van der Waals surface area contributed by atoms with Gasteiger partial charge in [-0.25, -0.2) is 9.78 Å². The fourth-order valence-corrected chi connectivity index (χ4v) is 1.62. The molecule has 3 aromatic heterocycles. The highest BCUT2D eigenvalue weighted by Gasteiger charge is 2.05. The van der Waals surface area contributed by atoms with Gasteiger partial charge in [0.1, 0.15) is 11.2 Å². The fraction of sp³-hybridized carbons (Fsp3) is 0. The van der Waals surface area contributed by atoms with E-state index in [4.69, 9.17) is 0 Å². The Kier molecular flexibility index (Phi) is 1.37. The molecule has 15 heavy (non-hydrogen) atoms. The molecular weight excluding hydrogens is 196 g/mol. The number of hydrogen-bond acceptors (Lipinski definition) is 3. The molecule has 0 amide bonds. The van der Waals surface area contributed by atoms with Crippen molar-refractivity contribution in [3.05, 3.63) is 51.7 Å². The van der Waals surface area contributed by atoms with Crippen molar-refractivity contribution in [3.8, 4) is 0 Å². The summed E-state index contributed by atoms with van der Waals surface area (Å²) in [6.07, 6.45) is 6.11. The molecule has 0 fully saturated rings. The van der Waals surface area contributed by atoms with Crippen molar-refractivity contribution in [2.45, 2.75) is 0 Å². The molecule has 6 nitrogen and oxygen atoms in total. The Morgan fingerprint density at radius 1 is 1.27 bits per heavy atom. The highest BCUT2D eigenvalue weighted by atomic mass is 16.1. The van der Waals surface area contributed by atoms with Crippen LogP contribution in [0.15, 0.2) is 40.4 Å². The number of aromatic nitrogens is 4. The third-order valence-corrected chi connectivity index (χ3v) is 2.29. The molecule has 3 aromatic rings. The summed E-state index contributed by atoms with van der Waals surface area (Å²) in [5.74, 6) is 0. The van der Waals surface area contributed by atoms with E-state index in [1.54, 1.807) is 16.7 Å². The second-order valence-corrected chi connectivity index (χ2v) is 3.13. The molecule has 3 rings (SSSR count). The third-order valence-electron chi connectivity index (χ3n) is 2.29. The van der Waals surface area contributed by atoms with Crippen LogP contribution in [0.5, 0.6) is 0 Å². The lowest BCUT2D eigenvalue weighted by Gasteiger charge is -1.93. The van der Waals surface area contributed by atoms with Gasteiger partial charge in [0.05, 0.1) is 0 Å². The van der Waals surface area contributed by atoms with Crippen molar-refractivity contribution >= 4 is 11.2 Å². The van der Waals surface area contributed by atoms with Gasteiger partial charge in [-0.1, -0.05) is 0 Å². The van der Waals surface area contributed by atoms with Crippen LogP contribution in [0.3, 0.4) is 0 Å². The average molecular weight is 202 g/mol. The summed E-state index contributed by atoms with van der Waals surface area (Å²) < 4.78 is 2.98. The SMILES string of the molecule is O=c1[nH]ccn2c1cn1c(=O)nccc12. The van der Waals surface area contributed by atoms with E-state index in [1.165, 1.54) is 23.0 Å². The molecule has 1 N–H and O–H groups in total. The first-order valence-corrected chi connectivity index (χ1v) is 4.33. The number of rotatable bonds is 0. The van der Waals surface area contributed by atoms with Crippen LogP contribution in [0.25, 0.3) is 11.2 Å². The van der Waals surface area contributed by atoms with E-state index in [-0.39, 0.29) is 5.56 Å². The fourth-order valence-electron chi connectivity index (χ4n) is 1.62. The first-order valence-electron chi connectivity index (χ1n) is 4.33. The van der Waals surface area contributed by atoms with E-state index in [2.05, 4.69) is 9.97 Å². The highest BCUT2D eigenvalue weighted by Crippen LogP contribution is 2.03. The van der Waals surface area contributed by atoms with Crippen LogP contribution in [0.4, 0.5) is 0 Å². The van der Waals surface area contributed by atoms with Crippen LogP contribution in [0.1, 0.15) is 0 Å². The maximum absolute atomic E-state index is 11.4. The predicted molar refractivity (Wildman–Crippen MR) is 53.0 cm³/mol. The molecule has 0 aromatic carbocycles. The van der Waals surface area contributed by atoms with Crippen LogP contribution in [-0.2, 0) is 0 Å². The molecule has 0 radical (unpaired) electrons.